The normalized spacial score (nSPS) is 27.9. The van der Waals surface area contributed by atoms with Crippen molar-refractivity contribution in [2.45, 2.75) is 394 Å². The summed E-state index contributed by atoms with van der Waals surface area (Å²) in [7, 11) is 0. The van der Waals surface area contributed by atoms with Crippen molar-refractivity contribution >= 4 is 5.91 Å². The molecule has 12 N–H and O–H groups in total. The summed E-state index contributed by atoms with van der Waals surface area (Å²) in [6.07, 6.45) is 38.4. The average Bonchev–Trinajstić information content (AvgIpc) is 0.856. The molecule has 0 aromatic carbocycles. The molecule has 0 bridgehead atoms. The molecular formula is C73H135NO18. The van der Waals surface area contributed by atoms with Gasteiger partial charge in [-0.05, 0) is 44.9 Å². The number of aliphatic hydroxyl groups is 11. The van der Waals surface area contributed by atoms with Gasteiger partial charge in [-0.1, -0.05) is 275 Å². The monoisotopic (exact) mass is 1310 g/mol. The van der Waals surface area contributed by atoms with E-state index in [-0.39, 0.29) is 18.9 Å². The first kappa shape index (κ1) is 84.2. The third-order valence-electron chi connectivity index (χ3n) is 18.7. The van der Waals surface area contributed by atoms with Gasteiger partial charge in [-0.3, -0.25) is 4.79 Å². The predicted molar refractivity (Wildman–Crippen MR) is 360 cm³/mol. The van der Waals surface area contributed by atoms with Gasteiger partial charge in [-0.2, -0.15) is 0 Å². The van der Waals surface area contributed by atoms with Crippen LogP contribution in [0.2, 0.25) is 0 Å². The second-order valence-electron chi connectivity index (χ2n) is 26.7. The van der Waals surface area contributed by atoms with Crippen LogP contribution in [0.1, 0.15) is 290 Å². The molecule has 1 amide bonds. The van der Waals surface area contributed by atoms with Crippen molar-refractivity contribution in [3.05, 3.63) is 36.5 Å². The molecular weight excluding hydrogens is 1180 g/mol. The Bertz CT molecular complexity index is 1810. The number of amides is 1. The number of ether oxygens (including phenoxy) is 6. The molecule has 0 aromatic rings. The molecule has 3 aliphatic heterocycles. The summed E-state index contributed by atoms with van der Waals surface area (Å²) in [5, 5.41) is 121. The lowest BCUT2D eigenvalue weighted by Crippen LogP contribution is -2.66. The first-order chi connectivity index (χ1) is 44.8. The summed E-state index contributed by atoms with van der Waals surface area (Å²) in [5.41, 5.74) is 0. The van der Waals surface area contributed by atoms with Crippen LogP contribution >= 0.6 is 0 Å². The fourth-order valence-corrected chi connectivity index (χ4v) is 12.6. The van der Waals surface area contributed by atoms with Crippen molar-refractivity contribution in [2.75, 3.05) is 26.4 Å². The van der Waals surface area contributed by atoms with Gasteiger partial charge in [0, 0.05) is 6.42 Å². The van der Waals surface area contributed by atoms with Crippen molar-refractivity contribution in [3.8, 4) is 0 Å². The van der Waals surface area contributed by atoms with Crippen LogP contribution in [0.25, 0.3) is 0 Å². The summed E-state index contributed by atoms with van der Waals surface area (Å²) in [6, 6.07) is -0.995. The van der Waals surface area contributed by atoms with Crippen LogP contribution < -0.4 is 5.32 Å². The van der Waals surface area contributed by atoms with E-state index < -0.39 is 124 Å². The summed E-state index contributed by atoms with van der Waals surface area (Å²) < 4.78 is 34.4. The highest BCUT2D eigenvalue weighted by Gasteiger charge is 2.53. The highest BCUT2D eigenvalue weighted by atomic mass is 16.8. The van der Waals surface area contributed by atoms with E-state index in [1.807, 2.05) is 6.08 Å². The maximum absolute atomic E-state index is 13.4. The number of rotatable bonds is 58. The largest absolute Gasteiger partial charge is 0.394 e. The third-order valence-corrected chi connectivity index (χ3v) is 18.7. The van der Waals surface area contributed by atoms with E-state index in [2.05, 4.69) is 43.5 Å². The average molecular weight is 1310 g/mol. The van der Waals surface area contributed by atoms with E-state index in [0.717, 1.165) is 44.9 Å². The Balaban J connectivity index is 1.42. The minimum absolute atomic E-state index is 0.236. The lowest BCUT2D eigenvalue weighted by Gasteiger charge is -2.48. The predicted octanol–water partition coefficient (Wildman–Crippen LogP) is 10.8. The van der Waals surface area contributed by atoms with Crippen molar-refractivity contribution in [2.24, 2.45) is 0 Å². The van der Waals surface area contributed by atoms with Gasteiger partial charge in [0.2, 0.25) is 5.91 Å². The molecule has 0 radical (unpaired) electrons. The lowest BCUT2D eigenvalue weighted by molar-refractivity contribution is -0.379. The highest BCUT2D eigenvalue weighted by Crippen LogP contribution is 2.33. The first-order valence-electron chi connectivity index (χ1n) is 37.2. The van der Waals surface area contributed by atoms with E-state index in [1.165, 1.54) is 212 Å². The number of hydrogen-bond donors (Lipinski definition) is 12. The molecule has 92 heavy (non-hydrogen) atoms. The Morgan fingerprint density at radius 2 is 0.696 bits per heavy atom. The molecule has 19 nitrogen and oxygen atoms in total. The molecule has 3 heterocycles. The van der Waals surface area contributed by atoms with Crippen LogP contribution in [0.15, 0.2) is 36.5 Å². The zero-order chi connectivity index (χ0) is 66.8. The van der Waals surface area contributed by atoms with Gasteiger partial charge in [-0.25, -0.2) is 0 Å². The number of hydrogen-bond acceptors (Lipinski definition) is 18. The van der Waals surface area contributed by atoms with E-state index >= 15 is 0 Å². The maximum Gasteiger partial charge on any atom is 0.220 e. The number of aliphatic hydroxyl groups excluding tert-OH is 11. The zero-order valence-electron chi connectivity index (χ0n) is 57.3. The Hall–Kier alpha value is -1.99. The molecule has 3 fully saturated rings. The van der Waals surface area contributed by atoms with Crippen molar-refractivity contribution in [1.82, 2.24) is 5.32 Å². The molecule has 19 heteroatoms. The fraction of sp³-hybridized carbons (Fsp3) is 0.904. The van der Waals surface area contributed by atoms with Crippen molar-refractivity contribution < 1.29 is 89.4 Å². The van der Waals surface area contributed by atoms with Gasteiger partial charge in [0.25, 0.3) is 0 Å². The van der Waals surface area contributed by atoms with Gasteiger partial charge in [0.15, 0.2) is 18.9 Å². The van der Waals surface area contributed by atoms with E-state index in [0.29, 0.717) is 12.8 Å². The third kappa shape index (κ3) is 36.0. The van der Waals surface area contributed by atoms with E-state index in [1.54, 1.807) is 6.08 Å². The van der Waals surface area contributed by atoms with Crippen LogP contribution in [0.3, 0.4) is 0 Å². The molecule has 3 saturated heterocycles. The minimum atomic E-state index is -1.98. The van der Waals surface area contributed by atoms with Gasteiger partial charge < -0.3 is 89.9 Å². The fourth-order valence-electron chi connectivity index (χ4n) is 12.6. The molecule has 0 saturated carbocycles. The summed E-state index contributed by atoms with van der Waals surface area (Å²) in [5.74, 6) is -0.284. The van der Waals surface area contributed by atoms with Crippen LogP contribution in [-0.2, 0) is 33.2 Å². The van der Waals surface area contributed by atoms with E-state index in [9.17, 15) is 61.0 Å². The van der Waals surface area contributed by atoms with Gasteiger partial charge in [-0.15, -0.1) is 0 Å². The molecule has 17 atom stereocenters. The SMILES string of the molecule is CCCCCCCCCCCCC/C=C/CC/C=C/CC/C=C/C(O)C(COC1OC(CO)C(OC2OC(CO)C(OC3OC(CO)C(O)C(O)C3O)C(O)C2O)C(O)C1O)NC(=O)CCCCCCCCCCCCCCCCCCCCCCCCCCCC. The minimum Gasteiger partial charge on any atom is -0.394 e. The Morgan fingerprint density at radius 3 is 1.09 bits per heavy atom. The number of allylic oxidation sites excluding steroid dienone is 5. The van der Waals surface area contributed by atoms with Crippen molar-refractivity contribution in [3.63, 3.8) is 0 Å². The number of carbonyl (C=O) groups excluding carboxylic acids is 1. The molecule has 3 rings (SSSR count). The van der Waals surface area contributed by atoms with Gasteiger partial charge in [0.05, 0.1) is 38.6 Å². The summed E-state index contributed by atoms with van der Waals surface area (Å²) in [6.45, 7) is 1.75. The number of nitrogens with one attached hydrogen (secondary N) is 1. The molecule has 17 unspecified atom stereocenters. The molecule has 0 aromatic heterocycles. The Morgan fingerprint density at radius 1 is 0.380 bits per heavy atom. The van der Waals surface area contributed by atoms with Crippen LogP contribution in [0, 0.1) is 0 Å². The number of unbranched alkanes of at least 4 members (excludes halogenated alkanes) is 38. The number of carbonyl (C=O) groups is 1. The topological polar surface area (TPSA) is 307 Å². The van der Waals surface area contributed by atoms with Crippen LogP contribution in [0.5, 0.6) is 0 Å². The Kier molecular flexibility index (Phi) is 50.3. The summed E-state index contributed by atoms with van der Waals surface area (Å²) >= 11 is 0. The second kappa shape index (κ2) is 55.0. The van der Waals surface area contributed by atoms with Crippen LogP contribution in [-0.4, -0.2) is 193 Å². The zero-order valence-corrected chi connectivity index (χ0v) is 57.3. The van der Waals surface area contributed by atoms with Gasteiger partial charge in [0.1, 0.15) is 73.2 Å². The molecule has 540 valence electrons. The highest BCUT2D eigenvalue weighted by molar-refractivity contribution is 5.76. The van der Waals surface area contributed by atoms with Crippen LogP contribution in [0.4, 0.5) is 0 Å². The maximum atomic E-state index is 13.4. The standard InChI is InChI=1S/C73H135NO18/c1-3-5-7-9-11-13-15-17-19-21-23-25-26-27-28-29-31-33-35-37-39-41-43-45-47-49-51-61(79)74-56(57(78)50-48-46-44-42-40-38-36-34-32-30-24-22-20-18-16-14-12-10-8-6-4-2)55-87-71-67(85)64(82)69(59(53-76)89-71)92-73-68(86)65(83)70(60(54-77)90-73)91-72-66(84)63(81)62(80)58(52-75)88-72/h32,34,40,42,48,50,56-60,62-73,75-78,80-86H,3-31,33,35-39,41,43-47,49,51-55H2,1-2H3,(H,74,79)/b34-32+,42-40+,50-48+. The lowest BCUT2D eigenvalue weighted by atomic mass is 9.96. The molecule has 0 spiro atoms. The second-order valence-corrected chi connectivity index (χ2v) is 26.7. The smallest absolute Gasteiger partial charge is 0.220 e. The Labute approximate surface area is 555 Å². The first-order valence-corrected chi connectivity index (χ1v) is 37.2. The van der Waals surface area contributed by atoms with Gasteiger partial charge >= 0.3 is 0 Å². The molecule has 0 aliphatic carbocycles. The summed E-state index contributed by atoms with van der Waals surface area (Å²) in [4.78, 5) is 13.4. The quantitative estimate of drug-likeness (QED) is 0.0199. The molecule has 3 aliphatic rings. The van der Waals surface area contributed by atoms with Crippen molar-refractivity contribution in [1.29, 1.82) is 0 Å². The van der Waals surface area contributed by atoms with E-state index in [4.69, 9.17) is 28.4 Å².